The summed E-state index contributed by atoms with van der Waals surface area (Å²) in [6.07, 6.45) is 5.96. The Bertz CT molecular complexity index is 993. The number of carboxylic acids is 1. The number of aromatic carboxylic acids is 1. The van der Waals surface area contributed by atoms with E-state index in [2.05, 4.69) is 36.3 Å². The molecule has 0 radical (unpaired) electrons. The number of H-pyrrole nitrogens is 1. The van der Waals surface area contributed by atoms with Crippen LogP contribution in [0.3, 0.4) is 0 Å². The average molecular weight is 366 g/mol. The van der Waals surface area contributed by atoms with Gasteiger partial charge in [-0.1, -0.05) is 25.1 Å². The van der Waals surface area contributed by atoms with Gasteiger partial charge in [0.15, 0.2) is 5.76 Å². The van der Waals surface area contributed by atoms with Crippen molar-refractivity contribution in [1.29, 1.82) is 0 Å². The number of furan rings is 1. The maximum Gasteiger partial charge on any atom is 0.338 e. The lowest BCUT2D eigenvalue weighted by atomic mass is 9.88. The molecule has 3 aromatic rings. The largest absolute Gasteiger partial charge is 0.478 e. The van der Waals surface area contributed by atoms with Gasteiger partial charge in [-0.25, -0.2) is 4.79 Å². The summed E-state index contributed by atoms with van der Waals surface area (Å²) in [7, 11) is 0. The molecule has 6 nitrogen and oxygen atoms in total. The Morgan fingerprint density at radius 1 is 1.30 bits per heavy atom. The fourth-order valence-electron chi connectivity index (χ4n) is 3.98. The van der Waals surface area contributed by atoms with Gasteiger partial charge >= 0.3 is 5.97 Å². The molecule has 3 heterocycles. The lowest BCUT2D eigenvalue weighted by Crippen LogP contribution is -2.37. The second-order valence-electron chi connectivity index (χ2n) is 7.01. The van der Waals surface area contributed by atoms with E-state index in [0.29, 0.717) is 19.0 Å². The van der Waals surface area contributed by atoms with E-state index in [1.807, 2.05) is 0 Å². The van der Waals surface area contributed by atoms with Crippen molar-refractivity contribution in [2.75, 3.05) is 13.1 Å². The van der Waals surface area contributed by atoms with Gasteiger partial charge in [-0.3, -0.25) is 4.79 Å². The third-order valence-corrected chi connectivity index (χ3v) is 5.49. The summed E-state index contributed by atoms with van der Waals surface area (Å²) in [5.74, 6) is -0.845. The number of rotatable bonds is 4. The molecule has 4 rings (SSSR count). The van der Waals surface area contributed by atoms with Crippen molar-refractivity contribution in [3.63, 3.8) is 0 Å². The Morgan fingerprint density at radius 2 is 2.07 bits per heavy atom. The van der Waals surface area contributed by atoms with Gasteiger partial charge in [0.2, 0.25) is 0 Å². The Balaban J connectivity index is 1.47. The number of hydrogen-bond acceptors (Lipinski definition) is 3. The molecule has 0 bridgehead atoms. The Labute approximate surface area is 156 Å². The predicted octanol–water partition coefficient (Wildman–Crippen LogP) is 4.04. The quantitative estimate of drug-likeness (QED) is 0.729. The van der Waals surface area contributed by atoms with E-state index >= 15 is 0 Å². The number of likely N-dealkylation sites (tertiary alicyclic amines) is 1. The van der Waals surface area contributed by atoms with Crippen molar-refractivity contribution in [3.8, 4) is 0 Å². The summed E-state index contributed by atoms with van der Waals surface area (Å²) in [5, 5.41) is 10.2. The van der Waals surface area contributed by atoms with Crippen molar-refractivity contribution in [2.45, 2.75) is 32.1 Å². The molecule has 0 spiro atoms. The third kappa shape index (κ3) is 3.12. The molecule has 0 unspecified atom stereocenters. The normalized spacial score (nSPS) is 15.4. The number of fused-ring (bicyclic) bond motifs is 1. The molecule has 1 aliphatic rings. The zero-order valence-corrected chi connectivity index (χ0v) is 15.2. The van der Waals surface area contributed by atoms with Gasteiger partial charge in [-0.05, 0) is 36.3 Å². The first-order valence-corrected chi connectivity index (χ1v) is 9.28. The van der Waals surface area contributed by atoms with Gasteiger partial charge < -0.3 is 19.4 Å². The predicted molar refractivity (Wildman–Crippen MR) is 101 cm³/mol. The molecule has 0 aliphatic carbocycles. The molecule has 1 saturated heterocycles. The zero-order valence-electron chi connectivity index (χ0n) is 15.2. The first-order valence-electron chi connectivity index (χ1n) is 9.28. The van der Waals surface area contributed by atoms with Crippen LogP contribution in [0.25, 0.3) is 10.9 Å². The van der Waals surface area contributed by atoms with E-state index in [-0.39, 0.29) is 17.2 Å². The third-order valence-electron chi connectivity index (χ3n) is 5.49. The molecule has 140 valence electrons. The maximum absolute atomic E-state index is 12.6. The van der Waals surface area contributed by atoms with Crippen molar-refractivity contribution < 1.29 is 19.1 Å². The molecule has 27 heavy (non-hydrogen) atoms. The summed E-state index contributed by atoms with van der Waals surface area (Å²) in [5.41, 5.74) is 3.85. The Hall–Kier alpha value is -3.02. The molecule has 2 aromatic heterocycles. The van der Waals surface area contributed by atoms with Crippen LogP contribution in [-0.4, -0.2) is 40.0 Å². The number of nitrogens with one attached hydrogen (secondary N) is 1. The molecular formula is C21H22N2O4. The molecule has 1 amide bonds. The number of hydrogen-bond donors (Lipinski definition) is 2. The average Bonchev–Trinajstić information content (AvgIpc) is 3.35. The molecule has 1 aliphatic heterocycles. The summed E-state index contributed by atoms with van der Waals surface area (Å²) in [6, 6.07) is 7.71. The highest BCUT2D eigenvalue weighted by molar-refractivity contribution is 5.95. The highest BCUT2D eigenvalue weighted by atomic mass is 16.4. The first kappa shape index (κ1) is 17.4. The molecule has 0 saturated carbocycles. The summed E-state index contributed by atoms with van der Waals surface area (Å²) in [6.45, 7) is 3.42. The van der Waals surface area contributed by atoms with Crippen LogP contribution in [0.2, 0.25) is 0 Å². The SMILES string of the molecule is CCc1cccc2c(C3CCN(C(=O)c4cc(C(=O)O)co4)CC3)c[nH]c12. The minimum absolute atomic E-state index is 0.00115. The van der Waals surface area contributed by atoms with Crippen LogP contribution in [-0.2, 0) is 6.42 Å². The highest BCUT2D eigenvalue weighted by Gasteiger charge is 2.28. The van der Waals surface area contributed by atoms with Gasteiger partial charge in [0, 0.05) is 36.3 Å². The van der Waals surface area contributed by atoms with Gasteiger partial charge in [0.1, 0.15) is 6.26 Å². The molecular weight excluding hydrogens is 344 g/mol. The second-order valence-corrected chi connectivity index (χ2v) is 7.01. The van der Waals surface area contributed by atoms with Crippen molar-refractivity contribution >= 4 is 22.8 Å². The topological polar surface area (TPSA) is 86.5 Å². The summed E-state index contributed by atoms with van der Waals surface area (Å²) < 4.78 is 5.15. The van der Waals surface area contributed by atoms with Crippen molar-refractivity contribution in [2.24, 2.45) is 0 Å². The first-order chi connectivity index (χ1) is 13.1. The van der Waals surface area contributed by atoms with E-state index < -0.39 is 5.97 Å². The molecule has 1 aromatic carbocycles. The molecule has 0 atom stereocenters. The van der Waals surface area contributed by atoms with Crippen LogP contribution in [0.1, 0.15) is 57.7 Å². The van der Waals surface area contributed by atoms with Crippen LogP contribution >= 0.6 is 0 Å². The number of carboxylic acid groups (broad SMARTS) is 1. The number of aromatic amines is 1. The molecule has 1 fully saturated rings. The number of aromatic nitrogens is 1. The number of piperidine rings is 1. The minimum atomic E-state index is -1.10. The number of aryl methyl sites for hydroxylation is 1. The van der Waals surface area contributed by atoms with E-state index in [4.69, 9.17) is 9.52 Å². The van der Waals surface area contributed by atoms with E-state index in [1.165, 1.54) is 28.1 Å². The number of carbonyl (C=O) groups excluding carboxylic acids is 1. The number of benzene rings is 1. The maximum atomic E-state index is 12.6. The number of carbonyl (C=O) groups is 2. The molecule has 2 N–H and O–H groups in total. The molecule has 6 heteroatoms. The van der Waals surface area contributed by atoms with Gasteiger partial charge in [0.25, 0.3) is 5.91 Å². The lowest BCUT2D eigenvalue weighted by Gasteiger charge is -2.31. The summed E-state index contributed by atoms with van der Waals surface area (Å²) >= 11 is 0. The fourth-order valence-corrected chi connectivity index (χ4v) is 3.98. The lowest BCUT2D eigenvalue weighted by molar-refractivity contribution is 0.0677. The number of amides is 1. The van der Waals surface area contributed by atoms with E-state index in [1.54, 1.807) is 4.90 Å². The summed E-state index contributed by atoms with van der Waals surface area (Å²) in [4.78, 5) is 28.7. The Kier molecular flexibility index (Phi) is 4.48. The van der Waals surface area contributed by atoms with Crippen LogP contribution < -0.4 is 0 Å². The highest BCUT2D eigenvalue weighted by Crippen LogP contribution is 2.34. The number of para-hydroxylation sites is 1. The van der Waals surface area contributed by atoms with E-state index in [0.717, 1.165) is 25.5 Å². The van der Waals surface area contributed by atoms with Gasteiger partial charge in [-0.15, -0.1) is 0 Å². The van der Waals surface area contributed by atoms with E-state index in [9.17, 15) is 9.59 Å². The van der Waals surface area contributed by atoms with Crippen LogP contribution in [0.15, 0.2) is 41.1 Å². The zero-order chi connectivity index (χ0) is 19.0. The number of nitrogens with zero attached hydrogens (tertiary/aromatic N) is 1. The Morgan fingerprint density at radius 3 is 2.74 bits per heavy atom. The van der Waals surface area contributed by atoms with Crippen molar-refractivity contribution in [1.82, 2.24) is 9.88 Å². The monoisotopic (exact) mass is 366 g/mol. The fraction of sp³-hybridized carbons (Fsp3) is 0.333. The second kappa shape index (κ2) is 6.95. The van der Waals surface area contributed by atoms with Crippen LogP contribution in [0.4, 0.5) is 0 Å². The smallest absolute Gasteiger partial charge is 0.338 e. The van der Waals surface area contributed by atoms with Crippen LogP contribution in [0, 0.1) is 0 Å². The van der Waals surface area contributed by atoms with Crippen molar-refractivity contribution in [3.05, 3.63) is 59.2 Å². The van der Waals surface area contributed by atoms with Gasteiger partial charge in [0.05, 0.1) is 5.56 Å². The minimum Gasteiger partial charge on any atom is -0.478 e. The standard InChI is InChI=1S/C21H22N2O4/c1-2-13-4-3-5-16-17(11-22-19(13)16)14-6-8-23(9-7-14)20(24)18-10-15(12-27-18)21(25)26/h3-5,10-12,14,22H,2,6-9H2,1H3,(H,25,26). The van der Waals surface area contributed by atoms with Gasteiger partial charge in [-0.2, -0.15) is 0 Å². The van der Waals surface area contributed by atoms with Crippen LogP contribution in [0.5, 0.6) is 0 Å².